The molecule has 0 amide bonds. The first-order valence-electron chi connectivity index (χ1n) is 6.91. The number of aryl methyl sites for hydroxylation is 1. The Kier molecular flexibility index (Phi) is 3.71. The van der Waals surface area contributed by atoms with Gasteiger partial charge in [-0.15, -0.1) is 0 Å². The summed E-state index contributed by atoms with van der Waals surface area (Å²) in [5, 5.41) is 0.690. The molecule has 2 aliphatic heterocycles. The van der Waals surface area contributed by atoms with E-state index in [0.29, 0.717) is 18.2 Å². The van der Waals surface area contributed by atoms with Gasteiger partial charge in [-0.25, -0.2) is 0 Å². The Morgan fingerprint density at radius 1 is 1.50 bits per heavy atom. The summed E-state index contributed by atoms with van der Waals surface area (Å²) in [4.78, 5) is 6.36. The molecule has 2 heterocycles. The zero-order chi connectivity index (χ0) is 14.2. The van der Waals surface area contributed by atoms with E-state index in [1.165, 1.54) is 0 Å². The Morgan fingerprint density at radius 3 is 2.95 bits per heavy atom. The second-order valence-electron chi connectivity index (χ2n) is 5.47. The Hall–Kier alpha value is -1.10. The van der Waals surface area contributed by atoms with Gasteiger partial charge in [-0.05, 0) is 25.5 Å². The van der Waals surface area contributed by atoms with Crippen molar-refractivity contribution in [3.63, 3.8) is 0 Å². The van der Waals surface area contributed by atoms with Gasteiger partial charge < -0.3 is 14.4 Å². The lowest BCUT2D eigenvalue weighted by atomic mass is 10.0. The van der Waals surface area contributed by atoms with Crippen molar-refractivity contribution in [2.24, 2.45) is 4.99 Å². The Bertz CT molecular complexity index is 535. The van der Waals surface area contributed by atoms with E-state index in [-0.39, 0.29) is 6.10 Å². The van der Waals surface area contributed by atoms with Gasteiger partial charge in [0.2, 0.25) is 5.79 Å². The fraction of sp³-hybridized carbons (Fsp3) is 0.533. The van der Waals surface area contributed by atoms with Crippen molar-refractivity contribution in [2.45, 2.75) is 25.7 Å². The standard InChI is InChI=1S/C15H19ClN2O2/c1-11-3-4-13(14(16)7-11)15(19-8-12(2)20-15)9-18-6-5-17-10-18/h3-4,7,10,12H,5-6,8-9H2,1-2H3. The monoisotopic (exact) mass is 294 g/mol. The minimum atomic E-state index is -0.791. The van der Waals surface area contributed by atoms with Crippen molar-refractivity contribution in [3.8, 4) is 0 Å². The molecule has 0 N–H and O–H groups in total. The minimum absolute atomic E-state index is 0.0620. The van der Waals surface area contributed by atoms with E-state index in [4.69, 9.17) is 21.1 Å². The zero-order valence-corrected chi connectivity index (χ0v) is 12.6. The molecule has 2 aliphatic rings. The van der Waals surface area contributed by atoms with Gasteiger partial charge >= 0.3 is 0 Å². The zero-order valence-electron chi connectivity index (χ0n) is 11.8. The number of hydrogen-bond donors (Lipinski definition) is 0. The molecule has 0 bridgehead atoms. The Morgan fingerprint density at radius 2 is 2.35 bits per heavy atom. The average Bonchev–Trinajstić information content (AvgIpc) is 3.00. The van der Waals surface area contributed by atoms with Crippen molar-refractivity contribution < 1.29 is 9.47 Å². The normalized spacial score (nSPS) is 29.4. The van der Waals surface area contributed by atoms with E-state index in [0.717, 1.165) is 24.2 Å². The highest BCUT2D eigenvalue weighted by Gasteiger charge is 2.44. The maximum atomic E-state index is 6.42. The average molecular weight is 295 g/mol. The second kappa shape index (κ2) is 5.35. The molecule has 0 aromatic heterocycles. The summed E-state index contributed by atoms with van der Waals surface area (Å²) < 4.78 is 12.1. The first kappa shape index (κ1) is 13.9. The van der Waals surface area contributed by atoms with Gasteiger partial charge in [-0.3, -0.25) is 4.99 Å². The molecular formula is C15H19ClN2O2. The topological polar surface area (TPSA) is 34.1 Å². The summed E-state index contributed by atoms with van der Waals surface area (Å²) in [6.45, 7) is 6.95. The van der Waals surface area contributed by atoms with Crippen LogP contribution in [0.1, 0.15) is 18.1 Å². The number of halogens is 1. The smallest absolute Gasteiger partial charge is 0.214 e. The third kappa shape index (κ3) is 2.55. The minimum Gasteiger partial charge on any atom is -0.355 e. The molecule has 3 rings (SSSR count). The molecule has 20 heavy (non-hydrogen) atoms. The van der Waals surface area contributed by atoms with Crippen molar-refractivity contribution in [3.05, 3.63) is 34.3 Å². The van der Waals surface area contributed by atoms with Crippen molar-refractivity contribution in [1.82, 2.24) is 4.90 Å². The number of benzene rings is 1. The number of ether oxygens (including phenoxy) is 2. The molecule has 2 atom stereocenters. The molecule has 5 heteroatoms. The van der Waals surface area contributed by atoms with E-state index in [9.17, 15) is 0 Å². The lowest BCUT2D eigenvalue weighted by Crippen LogP contribution is -2.41. The first-order valence-corrected chi connectivity index (χ1v) is 7.29. The summed E-state index contributed by atoms with van der Waals surface area (Å²) in [5.41, 5.74) is 2.03. The molecule has 4 nitrogen and oxygen atoms in total. The van der Waals surface area contributed by atoms with Crippen LogP contribution in [0.3, 0.4) is 0 Å². The fourth-order valence-corrected chi connectivity index (χ4v) is 3.07. The number of aliphatic imine (C=N–C) groups is 1. The van der Waals surface area contributed by atoms with Gasteiger partial charge in [0.25, 0.3) is 0 Å². The lowest BCUT2D eigenvalue weighted by molar-refractivity contribution is -0.180. The highest BCUT2D eigenvalue weighted by atomic mass is 35.5. The summed E-state index contributed by atoms with van der Waals surface area (Å²) >= 11 is 6.42. The summed E-state index contributed by atoms with van der Waals surface area (Å²) in [6, 6.07) is 5.99. The van der Waals surface area contributed by atoms with Gasteiger partial charge in [0.1, 0.15) is 0 Å². The van der Waals surface area contributed by atoms with E-state index in [1.807, 2.05) is 38.4 Å². The molecular weight excluding hydrogens is 276 g/mol. The molecule has 1 aromatic carbocycles. The number of rotatable bonds is 3. The second-order valence-corrected chi connectivity index (χ2v) is 5.88. The van der Waals surface area contributed by atoms with Crippen molar-refractivity contribution >= 4 is 17.9 Å². The molecule has 1 aromatic rings. The quantitative estimate of drug-likeness (QED) is 0.859. The van der Waals surface area contributed by atoms with Crippen LogP contribution in [0.15, 0.2) is 23.2 Å². The largest absolute Gasteiger partial charge is 0.355 e. The maximum Gasteiger partial charge on any atom is 0.214 e. The summed E-state index contributed by atoms with van der Waals surface area (Å²) in [6.07, 6.45) is 1.92. The highest BCUT2D eigenvalue weighted by molar-refractivity contribution is 6.31. The molecule has 0 saturated carbocycles. The third-order valence-corrected chi connectivity index (χ3v) is 3.96. The predicted octanol–water partition coefficient (Wildman–Crippen LogP) is 2.58. The Balaban J connectivity index is 1.94. The lowest BCUT2D eigenvalue weighted by Gasteiger charge is -2.32. The van der Waals surface area contributed by atoms with Crippen LogP contribution in [0.5, 0.6) is 0 Å². The van der Waals surface area contributed by atoms with E-state index in [1.54, 1.807) is 0 Å². The SMILES string of the molecule is Cc1ccc(C2(CN3C=NCC3)OCC(C)O2)c(Cl)c1. The molecule has 1 fully saturated rings. The molecule has 1 saturated heterocycles. The molecule has 0 radical (unpaired) electrons. The van der Waals surface area contributed by atoms with E-state index < -0.39 is 5.79 Å². The molecule has 2 unspecified atom stereocenters. The van der Waals surface area contributed by atoms with Gasteiger partial charge in [-0.2, -0.15) is 0 Å². The van der Waals surface area contributed by atoms with Crippen molar-refractivity contribution in [1.29, 1.82) is 0 Å². The fourth-order valence-electron chi connectivity index (χ4n) is 2.69. The summed E-state index contributed by atoms with van der Waals surface area (Å²) in [7, 11) is 0. The van der Waals surface area contributed by atoms with Gasteiger partial charge in [-0.1, -0.05) is 23.7 Å². The predicted molar refractivity (Wildman–Crippen MR) is 79.3 cm³/mol. The third-order valence-electron chi connectivity index (χ3n) is 3.65. The number of nitrogens with zero attached hydrogens (tertiary/aromatic N) is 2. The van der Waals surface area contributed by atoms with E-state index in [2.05, 4.69) is 9.89 Å². The van der Waals surface area contributed by atoms with Crippen LogP contribution in [0.25, 0.3) is 0 Å². The highest BCUT2D eigenvalue weighted by Crippen LogP contribution is 2.39. The molecule has 0 aliphatic carbocycles. The van der Waals surface area contributed by atoms with Crippen LogP contribution in [-0.4, -0.2) is 43.6 Å². The summed E-state index contributed by atoms with van der Waals surface area (Å²) in [5.74, 6) is -0.791. The van der Waals surface area contributed by atoms with Crippen LogP contribution < -0.4 is 0 Å². The van der Waals surface area contributed by atoms with Crippen LogP contribution in [-0.2, 0) is 15.3 Å². The van der Waals surface area contributed by atoms with Crippen LogP contribution in [0.4, 0.5) is 0 Å². The first-order chi connectivity index (χ1) is 9.59. The maximum absolute atomic E-state index is 6.42. The van der Waals surface area contributed by atoms with Crippen molar-refractivity contribution in [2.75, 3.05) is 26.2 Å². The van der Waals surface area contributed by atoms with Crippen LogP contribution in [0.2, 0.25) is 5.02 Å². The molecule has 0 spiro atoms. The van der Waals surface area contributed by atoms with Crippen LogP contribution >= 0.6 is 11.6 Å². The Labute approximate surface area is 124 Å². The number of hydrogen-bond acceptors (Lipinski definition) is 4. The van der Waals surface area contributed by atoms with Crippen LogP contribution in [0, 0.1) is 6.92 Å². The van der Waals surface area contributed by atoms with E-state index >= 15 is 0 Å². The van der Waals surface area contributed by atoms with Gasteiger partial charge in [0.05, 0.1) is 32.1 Å². The molecule has 108 valence electrons. The van der Waals surface area contributed by atoms with Gasteiger partial charge in [0, 0.05) is 17.1 Å². The van der Waals surface area contributed by atoms with Gasteiger partial charge in [0.15, 0.2) is 0 Å².